The lowest BCUT2D eigenvalue weighted by Gasteiger charge is -2.20. The van der Waals surface area contributed by atoms with Crippen molar-refractivity contribution in [1.29, 1.82) is 0 Å². The predicted octanol–water partition coefficient (Wildman–Crippen LogP) is 7.52. The normalized spacial score (nSPS) is 24.5. The number of furan rings is 1. The van der Waals surface area contributed by atoms with Crippen molar-refractivity contribution in [1.82, 2.24) is 4.98 Å². The Morgan fingerprint density at radius 3 is 2.71 bits per heavy atom. The zero-order valence-electron chi connectivity index (χ0n) is 32.0. The van der Waals surface area contributed by atoms with Gasteiger partial charge in [0.25, 0.3) is 0 Å². The van der Waals surface area contributed by atoms with Gasteiger partial charge in [0.05, 0.1) is 11.3 Å². The summed E-state index contributed by atoms with van der Waals surface area (Å²) < 4.78 is 115. The number of aromatic nitrogens is 2. The second kappa shape index (κ2) is 7.02. The number of nitrogens with zero attached hydrogens (tertiary/aromatic N) is 2. The molecular formula is C31H31N2O+. The first kappa shape index (κ1) is 11.3. The summed E-state index contributed by atoms with van der Waals surface area (Å²) in [7, 11) is 1.54. The van der Waals surface area contributed by atoms with Gasteiger partial charge in [-0.2, -0.15) is 0 Å². The lowest BCUT2D eigenvalue weighted by atomic mass is 9.82. The number of fused-ring (bicyclic) bond motifs is 6. The monoisotopic (exact) mass is 460 g/mol. The lowest BCUT2D eigenvalue weighted by molar-refractivity contribution is -0.660. The highest BCUT2D eigenvalue weighted by atomic mass is 16.3. The minimum Gasteiger partial charge on any atom is -0.437 e. The molecule has 1 unspecified atom stereocenters. The second-order valence-corrected chi connectivity index (χ2v) is 9.12. The summed E-state index contributed by atoms with van der Waals surface area (Å²) in [6.07, 6.45) is 1.14. The van der Waals surface area contributed by atoms with E-state index in [2.05, 4.69) is 0 Å². The van der Waals surface area contributed by atoms with E-state index in [1.165, 1.54) is 11.6 Å². The molecule has 1 aliphatic rings. The zero-order chi connectivity index (χ0) is 34.9. The molecule has 0 fully saturated rings. The molecule has 0 radical (unpaired) electrons. The molecule has 1 atom stereocenters. The highest BCUT2D eigenvalue weighted by molar-refractivity contribution is 6.10. The molecule has 0 N–H and O–H groups in total. The first-order chi connectivity index (χ1) is 21.4. The molecule has 0 saturated heterocycles. The van der Waals surface area contributed by atoms with Crippen LogP contribution >= 0.6 is 0 Å². The number of hydrogen-bond donors (Lipinski definition) is 0. The van der Waals surface area contributed by atoms with Crippen LogP contribution in [-0.2, 0) is 12.5 Å². The van der Waals surface area contributed by atoms with E-state index in [4.69, 9.17) is 27.2 Å². The van der Waals surface area contributed by atoms with Crippen molar-refractivity contribution in [2.45, 2.75) is 52.6 Å². The topological polar surface area (TPSA) is 29.9 Å². The van der Waals surface area contributed by atoms with Crippen LogP contribution in [0.3, 0.4) is 0 Å². The van der Waals surface area contributed by atoms with Crippen LogP contribution in [0.15, 0.2) is 59.1 Å². The Hall–Kier alpha value is -3.46. The Labute approximate surface area is 219 Å². The van der Waals surface area contributed by atoms with E-state index >= 15 is 0 Å². The average Bonchev–Trinajstić information content (AvgIpc) is 3.43. The SMILES string of the molecule is [2H]C([2H])([2H])c1c[n+](C)c(-c2c(C)ccc3c2oc2nc4c(cc23)C(C)(C([2H])([2H])[2H])c2ccccc2-4)cc1C([2H])(C([2H])([2H])[2H])C([2H])([2H])[2H]. The van der Waals surface area contributed by atoms with Crippen molar-refractivity contribution >= 4 is 22.1 Å². The number of benzene rings is 2. The maximum Gasteiger partial charge on any atom is 0.227 e. The standard InChI is InChI=1S/C31H31N2O/c1-17(2)22-15-26(33(7)16-19(22)4)27-18(3)12-13-20-23-14-25-28(32-30(23)34-29(20)27)21-10-8-9-11-24(21)31(25,5)6/h8-17H,1-7H3/q+1/i1D3,2D3,4D3,5D3,17D. The van der Waals surface area contributed by atoms with E-state index < -0.39 is 49.8 Å². The highest BCUT2D eigenvalue weighted by Crippen LogP contribution is 2.49. The molecule has 0 bridgehead atoms. The molecule has 170 valence electrons. The quantitative estimate of drug-likeness (QED) is 0.255. The Morgan fingerprint density at radius 1 is 1.06 bits per heavy atom. The molecule has 0 saturated carbocycles. The van der Waals surface area contributed by atoms with Gasteiger partial charge in [-0.25, -0.2) is 9.55 Å². The molecule has 34 heavy (non-hydrogen) atoms. The van der Waals surface area contributed by atoms with E-state index in [-0.39, 0.29) is 11.4 Å². The van der Waals surface area contributed by atoms with Gasteiger partial charge in [-0.1, -0.05) is 63.9 Å². The summed E-state index contributed by atoms with van der Waals surface area (Å²) in [5.41, 5.74) is 1.47. The third-order valence-electron chi connectivity index (χ3n) is 6.90. The minimum atomic E-state index is -3.42. The Morgan fingerprint density at radius 2 is 1.91 bits per heavy atom. The van der Waals surface area contributed by atoms with Crippen molar-refractivity contribution in [3.63, 3.8) is 0 Å². The number of rotatable bonds is 2. The van der Waals surface area contributed by atoms with Gasteiger partial charge >= 0.3 is 0 Å². The van der Waals surface area contributed by atoms with Crippen molar-refractivity contribution < 1.29 is 26.8 Å². The molecule has 0 spiro atoms. The van der Waals surface area contributed by atoms with E-state index in [9.17, 15) is 0 Å². The summed E-state index contributed by atoms with van der Waals surface area (Å²) in [5, 5.41) is 1.09. The van der Waals surface area contributed by atoms with Gasteiger partial charge in [0.1, 0.15) is 7.05 Å². The molecule has 3 heteroatoms. The van der Waals surface area contributed by atoms with Gasteiger partial charge in [-0.3, -0.25) is 0 Å². The van der Waals surface area contributed by atoms with Crippen LogP contribution in [0.4, 0.5) is 0 Å². The van der Waals surface area contributed by atoms with Gasteiger partial charge in [0, 0.05) is 51.2 Å². The van der Waals surface area contributed by atoms with Gasteiger partial charge < -0.3 is 4.42 Å². The highest BCUT2D eigenvalue weighted by Gasteiger charge is 2.37. The van der Waals surface area contributed by atoms with Gasteiger partial charge in [-0.05, 0) is 48.0 Å². The van der Waals surface area contributed by atoms with Crippen molar-refractivity contribution in [3.8, 4) is 22.5 Å². The molecule has 3 aromatic heterocycles. The largest absolute Gasteiger partial charge is 0.437 e. The molecule has 5 aromatic rings. The summed E-state index contributed by atoms with van der Waals surface area (Å²) in [6.45, 7) is -8.76. The maximum atomic E-state index is 8.88. The maximum absolute atomic E-state index is 8.88. The predicted molar refractivity (Wildman–Crippen MR) is 139 cm³/mol. The van der Waals surface area contributed by atoms with Crippen LogP contribution in [0.25, 0.3) is 44.6 Å². The minimum absolute atomic E-state index is 0.213. The molecular weight excluding hydrogens is 416 g/mol. The van der Waals surface area contributed by atoms with Crippen molar-refractivity contribution in [3.05, 3.63) is 82.5 Å². The third kappa shape index (κ3) is 2.76. The van der Waals surface area contributed by atoms with E-state index in [1.807, 2.05) is 12.1 Å². The van der Waals surface area contributed by atoms with Crippen LogP contribution in [0, 0.1) is 13.8 Å². The van der Waals surface area contributed by atoms with Crippen LogP contribution in [-0.4, -0.2) is 4.98 Å². The van der Waals surface area contributed by atoms with Gasteiger partial charge in [0.15, 0.2) is 11.8 Å². The number of pyridine rings is 2. The van der Waals surface area contributed by atoms with Crippen LogP contribution in [0.2, 0.25) is 0 Å². The first-order valence-corrected chi connectivity index (χ1v) is 11.0. The third-order valence-corrected chi connectivity index (χ3v) is 6.90. The van der Waals surface area contributed by atoms with Crippen LogP contribution in [0.5, 0.6) is 0 Å². The molecule has 0 amide bonds. The average molecular weight is 461 g/mol. The molecule has 3 nitrogen and oxygen atoms in total. The number of aryl methyl sites for hydroxylation is 3. The van der Waals surface area contributed by atoms with Gasteiger partial charge in [-0.15, -0.1) is 0 Å². The first-order valence-electron chi connectivity index (χ1n) is 17.5. The zero-order valence-corrected chi connectivity index (χ0v) is 19.0. The Kier molecular flexibility index (Phi) is 2.34. The second-order valence-electron chi connectivity index (χ2n) is 9.12. The molecule has 2 aromatic carbocycles. The Balaban J connectivity index is 1.70. The smallest absolute Gasteiger partial charge is 0.227 e. The molecule has 1 aliphatic carbocycles. The fourth-order valence-corrected chi connectivity index (χ4v) is 5.14. The molecule has 3 heterocycles. The summed E-state index contributed by atoms with van der Waals surface area (Å²) in [4.78, 5) is 4.82. The van der Waals surface area contributed by atoms with Crippen LogP contribution < -0.4 is 4.57 Å². The lowest BCUT2D eigenvalue weighted by Crippen LogP contribution is -2.32. The van der Waals surface area contributed by atoms with Crippen molar-refractivity contribution in [2.75, 3.05) is 0 Å². The van der Waals surface area contributed by atoms with E-state index in [0.717, 1.165) is 12.3 Å². The van der Waals surface area contributed by atoms with E-state index in [1.54, 1.807) is 44.2 Å². The van der Waals surface area contributed by atoms with Gasteiger partial charge in [0.2, 0.25) is 11.4 Å². The Bertz CT molecular complexity index is 2090. The summed E-state index contributed by atoms with van der Waals surface area (Å²) >= 11 is 0. The summed E-state index contributed by atoms with van der Waals surface area (Å²) in [5.74, 6) is -3.28. The summed E-state index contributed by atoms with van der Waals surface area (Å²) in [6, 6.07) is 13.7. The number of hydrogen-bond acceptors (Lipinski definition) is 2. The fraction of sp³-hybridized carbons (Fsp3) is 0.290. The molecule has 0 aliphatic heterocycles. The molecule has 6 rings (SSSR count). The van der Waals surface area contributed by atoms with E-state index in [0.29, 0.717) is 49.9 Å². The fourth-order valence-electron chi connectivity index (χ4n) is 5.14. The van der Waals surface area contributed by atoms with Crippen LogP contribution in [0.1, 0.15) is 79.0 Å². The van der Waals surface area contributed by atoms with Crippen molar-refractivity contribution in [2.24, 2.45) is 7.05 Å².